The molecule has 0 aliphatic carbocycles. The summed E-state index contributed by atoms with van der Waals surface area (Å²) >= 11 is 12.5. The molecule has 3 aromatic rings. The second-order valence-corrected chi connectivity index (χ2v) is 11.2. The summed E-state index contributed by atoms with van der Waals surface area (Å²) in [4.78, 5) is 25.8. The fourth-order valence-electron chi connectivity index (χ4n) is 5.62. The molecule has 2 aliphatic rings. The summed E-state index contributed by atoms with van der Waals surface area (Å²) in [5.74, 6) is -0.577. The first-order valence-electron chi connectivity index (χ1n) is 13.2. The maximum Gasteiger partial charge on any atom is 0.419 e. The average Bonchev–Trinajstić information content (AvgIpc) is 3.40. The number of likely N-dealkylation sites (N-methyl/N-ethyl adjacent to an activating group) is 1. The van der Waals surface area contributed by atoms with Crippen LogP contribution in [0.1, 0.15) is 22.6 Å². The van der Waals surface area contributed by atoms with Crippen molar-refractivity contribution in [3.63, 3.8) is 0 Å². The van der Waals surface area contributed by atoms with E-state index in [4.69, 9.17) is 23.2 Å². The summed E-state index contributed by atoms with van der Waals surface area (Å²) in [6, 6.07) is 13.8. The number of nitrogens with zero attached hydrogens (tertiary/aromatic N) is 5. The van der Waals surface area contributed by atoms with Crippen molar-refractivity contribution in [1.29, 1.82) is 0 Å². The summed E-state index contributed by atoms with van der Waals surface area (Å²) in [6.45, 7) is 3.44. The van der Waals surface area contributed by atoms with E-state index in [2.05, 4.69) is 9.88 Å². The van der Waals surface area contributed by atoms with E-state index in [-0.39, 0.29) is 24.5 Å². The smallest absolute Gasteiger partial charge is 0.353 e. The van der Waals surface area contributed by atoms with Crippen LogP contribution in [0.3, 0.4) is 0 Å². The van der Waals surface area contributed by atoms with Crippen LogP contribution in [-0.4, -0.2) is 78.1 Å². The summed E-state index contributed by atoms with van der Waals surface area (Å²) in [6.07, 6.45) is -3.02. The van der Waals surface area contributed by atoms with Gasteiger partial charge in [0.25, 0.3) is 0 Å². The lowest BCUT2D eigenvalue weighted by atomic mass is 9.93. The predicted molar refractivity (Wildman–Crippen MR) is 151 cm³/mol. The molecule has 0 bridgehead atoms. The van der Waals surface area contributed by atoms with Gasteiger partial charge in [-0.3, -0.25) is 4.90 Å². The third kappa shape index (κ3) is 6.55. The van der Waals surface area contributed by atoms with Gasteiger partial charge in [-0.1, -0.05) is 41.4 Å². The molecule has 218 valence electrons. The van der Waals surface area contributed by atoms with Gasteiger partial charge in [0.2, 0.25) is 0 Å². The molecule has 0 unspecified atom stereocenters. The lowest BCUT2D eigenvalue weighted by Gasteiger charge is -2.37. The zero-order valence-electron chi connectivity index (χ0n) is 22.3. The molecular weight excluding hydrogens is 581 g/mol. The summed E-state index contributed by atoms with van der Waals surface area (Å²) in [7, 11) is 1.82. The van der Waals surface area contributed by atoms with Crippen LogP contribution in [-0.2, 0) is 12.7 Å². The Morgan fingerprint density at radius 3 is 2.37 bits per heavy atom. The Labute approximate surface area is 246 Å². The van der Waals surface area contributed by atoms with Crippen molar-refractivity contribution in [3.05, 3.63) is 93.3 Å². The van der Waals surface area contributed by atoms with Crippen LogP contribution < -0.4 is 4.90 Å². The molecule has 2 saturated heterocycles. The maximum absolute atomic E-state index is 14.3. The molecule has 0 saturated carbocycles. The number of urea groups is 1. The highest BCUT2D eigenvalue weighted by molar-refractivity contribution is 6.42. The van der Waals surface area contributed by atoms with Crippen LogP contribution in [0.2, 0.25) is 10.0 Å². The molecule has 12 heteroatoms. The van der Waals surface area contributed by atoms with Gasteiger partial charge in [0.05, 0.1) is 15.6 Å². The standard InChI is InChI=1S/C29H29Cl2F4N5O/c1-37(16-19-5-7-22(25(32)14-19)29(33,34)35)26-18-40(17-21(26)20-6-8-23(30)24(31)15-20)28(41)39-12-10-38(11-13-39)27-4-2-3-9-36-27/h2-9,14-15,21,26H,10-13,16-18H2,1H3/t21-,26+/m1/s1. The molecule has 41 heavy (non-hydrogen) atoms. The minimum absolute atomic E-state index is 0.0767. The molecule has 6 nitrogen and oxygen atoms in total. The summed E-state index contributed by atoms with van der Waals surface area (Å²) in [5.41, 5.74) is 0.00444. The predicted octanol–water partition coefficient (Wildman–Crippen LogP) is 6.39. The van der Waals surface area contributed by atoms with E-state index in [1.54, 1.807) is 23.2 Å². The van der Waals surface area contributed by atoms with E-state index in [0.717, 1.165) is 23.5 Å². The van der Waals surface area contributed by atoms with Crippen molar-refractivity contribution in [2.45, 2.75) is 24.7 Å². The molecule has 2 aliphatic heterocycles. The number of hydrogen-bond donors (Lipinski definition) is 0. The minimum atomic E-state index is -4.76. The number of rotatable bonds is 5. The molecule has 0 spiro atoms. The van der Waals surface area contributed by atoms with E-state index in [1.807, 2.05) is 41.1 Å². The molecule has 2 atom stereocenters. The van der Waals surface area contributed by atoms with E-state index in [1.165, 1.54) is 6.07 Å². The van der Waals surface area contributed by atoms with Crippen LogP contribution >= 0.6 is 23.2 Å². The van der Waals surface area contributed by atoms with Gasteiger partial charge in [0, 0.05) is 64.0 Å². The minimum Gasteiger partial charge on any atom is -0.353 e. The number of anilines is 1. The molecule has 0 radical (unpaired) electrons. The highest BCUT2D eigenvalue weighted by Gasteiger charge is 2.41. The maximum atomic E-state index is 14.3. The number of benzene rings is 2. The van der Waals surface area contributed by atoms with Crippen molar-refractivity contribution in [2.24, 2.45) is 0 Å². The first-order valence-corrected chi connectivity index (χ1v) is 14.0. The van der Waals surface area contributed by atoms with E-state index in [0.29, 0.717) is 54.9 Å². The molecule has 1 aromatic heterocycles. The topological polar surface area (TPSA) is 42.9 Å². The quantitative estimate of drug-likeness (QED) is 0.315. The zero-order chi connectivity index (χ0) is 29.3. The first-order chi connectivity index (χ1) is 19.5. The van der Waals surface area contributed by atoms with Gasteiger partial charge in [0.15, 0.2) is 0 Å². The number of alkyl halides is 3. The monoisotopic (exact) mass is 609 g/mol. The number of carbonyl (C=O) groups is 1. The second-order valence-electron chi connectivity index (χ2n) is 10.4. The Balaban J connectivity index is 1.32. The van der Waals surface area contributed by atoms with E-state index < -0.39 is 17.6 Å². The van der Waals surface area contributed by atoms with E-state index >= 15 is 0 Å². The summed E-state index contributed by atoms with van der Waals surface area (Å²) < 4.78 is 53.4. The molecular formula is C29H29Cl2F4N5O. The number of aromatic nitrogens is 1. The van der Waals surface area contributed by atoms with Crippen LogP contribution in [0.25, 0.3) is 0 Å². The Kier molecular flexibility index (Phi) is 8.63. The van der Waals surface area contributed by atoms with Crippen LogP contribution in [0.4, 0.5) is 28.2 Å². The number of carbonyl (C=O) groups excluding carboxylic acids is 1. The van der Waals surface area contributed by atoms with Crippen molar-refractivity contribution >= 4 is 35.1 Å². The van der Waals surface area contributed by atoms with Crippen LogP contribution in [0.5, 0.6) is 0 Å². The Hall–Kier alpha value is -3.08. The Bertz CT molecular complexity index is 1390. The fourth-order valence-corrected chi connectivity index (χ4v) is 5.93. The molecule has 2 fully saturated rings. The highest BCUT2D eigenvalue weighted by Crippen LogP contribution is 2.36. The van der Waals surface area contributed by atoms with Gasteiger partial charge in [-0.15, -0.1) is 0 Å². The molecule has 2 aromatic carbocycles. The van der Waals surface area contributed by atoms with Crippen molar-refractivity contribution in [2.75, 3.05) is 51.2 Å². The summed E-state index contributed by atoms with van der Waals surface area (Å²) in [5, 5.41) is 0.808. The zero-order valence-corrected chi connectivity index (χ0v) is 23.8. The van der Waals surface area contributed by atoms with Crippen molar-refractivity contribution < 1.29 is 22.4 Å². The number of hydrogen-bond acceptors (Lipinski definition) is 4. The molecule has 5 rings (SSSR count). The number of halogens is 6. The number of amides is 2. The number of piperazine rings is 1. The normalized spacial score (nSPS) is 19.8. The average molecular weight is 610 g/mol. The SMILES string of the molecule is CN(Cc1ccc(C(F)(F)F)c(F)c1)[C@H]1CN(C(=O)N2CCN(c3ccccn3)CC2)C[C@@H]1c1ccc(Cl)c(Cl)c1. The lowest BCUT2D eigenvalue weighted by molar-refractivity contribution is -0.140. The van der Waals surface area contributed by atoms with Gasteiger partial charge in [0.1, 0.15) is 11.6 Å². The Morgan fingerprint density at radius 1 is 0.976 bits per heavy atom. The van der Waals surface area contributed by atoms with Crippen LogP contribution in [0.15, 0.2) is 60.8 Å². The first kappa shape index (κ1) is 29.4. The van der Waals surface area contributed by atoms with Gasteiger partial charge < -0.3 is 14.7 Å². The largest absolute Gasteiger partial charge is 0.419 e. The fraction of sp³-hybridized carbons (Fsp3) is 0.379. The van der Waals surface area contributed by atoms with Gasteiger partial charge >= 0.3 is 12.2 Å². The number of pyridine rings is 1. The third-order valence-electron chi connectivity index (χ3n) is 7.79. The second kappa shape index (κ2) is 12.0. The highest BCUT2D eigenvalue weighted by atomic mass is 35.5. The van der Waals surface area contributed by atoms with Crippen molar-refractivity contribution in [3.8, 4) is 0 Å². The Morgan fingerprint density at radius 2 is 1.73 bits per heavy atom. The lowest BCUT2D eigenvalue weighted by Crippen LogP contribution is -2.53. The third-order valence-corrected chi connectivity index (χ3v) is 8.53. The molecule has 2 amide bonds. The van der Waals surface area contributed by atoms with Gasteiger partial charge in [-0.05, 0) is 54.6 Å². The van der Waals surface area contributed by atoms with Gasteiger partial charge in [-0.2, -0.15) is 13.2 Å². The molecule has 3 heterocycles. The van der Waals surface area contributed by atoms with E-state index in [9.17, 15) is 22.4 Å². The van der Waals surface area contributed by atoms with Crippen LogP contribution in [0, 0.1) is 5.82 Å². The molecule has 0 N–H and O–H groups in total. The van der Waals surface area contributed by atoms with Crippen molar-refractivity contribution in [1.82, 2.24) is 19.7 Å². The van der Waals surface area contributed by atoms with Gasteiger partial charge in [-0.25, -0.2) is 14.2 Å². The number of likely N-dealkylation sites (tertiary alicyclic amines) is 1.